The number of benzene rings is 2. The molecule has 0 bridgehead atoms. The van der Waals surface area contributed by atoms with Gasteiger partial charge in [0.25, 0.3) is 5.91 Å². The van der Waals surface area contributed by atoms with Crippen LogP contribution in [0.3, 0.4) is 0 Å². The standard InChI is InChI=1S/C30H38N4O4/c1-22(2)15-27-26(21-38-33-27)17-32-30(36)24-11-12-25-19-34(18-23-9-5-3-6-10-23)20-29(35)31-13-7-4-8-14-37-28(25)16-24/h3,5-6,9-12,16,21-22H,4,7-8,13-15,17-20H2,1-2H3,(H,31,35)(H,32,36). The van der Waals surface area contributed by atoms with E-state index in [1.807, 2.05) is 36.4 Å². The maximum atomic E-state index is 13.0. The van der Waals surface area contributed by atoms with Crippen molar-refractivity contribution in [1.82, 2.24) is 20.7 Å². The lowest BCUT2D eigenvalue weighted by Crippen LogP contribution is -2.37. The summed E-state index contributed by atoms with van der Waals surface area (Å²) < 4.78 is 11.3. The largest absolute Gasteiger partial charge is 0.493 e. The fraction of sp³-hybridized carbons (Fsp3) is 0.433. The van der Waals surface area contributed by atoms with Gasteiger partial charge in [-0.1, -0.05) is 55.4 Å². The van der Waals surface area contributed by atoms with Crippen molar-refractivity contribution >= 4 is 11.8 Å². The third kappa shape index (κ3) is 8.18. The Kier molecular flexibility index (Phi) is 9.92. The first-order valence-corrected chi connectivity index (χ1v) is 13.5. The van der Waals surface area contributed by atoms with Crippen LogP contribution in [0.5, 0.6) is 5.75 Å². The maximum absolute atomic E-state index is 13.0. The van der Waals surface area contributed by atoms with Crippen molar-refractivity contribution in [2.24, 2.45) is 5.92 Å². The summed E-state index contributed by atoms with van der Waals surface area (Å²) in [5.41, 5.74) is 4.37. The molecule has 4 rings (SSSR count). The van der Waals surface area contributed by atoms with E-state index in [0.29, 0.717) is 50.0 Å². The van der Waals surface area contributed by atoms with Crippen LogP contribution >= 0.6 is 0 Å². The summed E-state index contributed by atoms with van der Waals surface area (Å²) in [6, 6.07) is 15.7. The second kappa shape index (κ2) is 13.8. The molecule has 1 aliphatic heterocycles. The number of hydrogen-bond donors (Lipinski definition) is 2. The minimum atomic E-state index is -0.184. The third-order valence-electron chi connectivity index (χ3n) is 6.51. The van der Waals surface area contributed by atoms with Crippen molar-refractivity contribution in [2.45, 2.75) is 59.2 Å². The molecule has 2 aromatic carbocycles. The van der Waals surface area contributed by atoms with Gasteiger partial charge in [-0.3, -0.25) is 14.5 Å². The number of carbonyl (C=O) groups is 2. The summed E-state index contributed by atoms with van der Waals surface area (Å²) in [6.45, 7) is 7.27. The zero-order valence-corrected chi connectivity index (χ0v) is 22.4. The molecule has 0 saturated heterocycles. The summed E-state index contributed by atoms with van der Waals surface area (Å²) in [4.78, 5) is 27.8. The Morgan fingerprint density at radius 3 is 2.76 bits per heavy atom. The van der Waals surface area contributed by atoms with Crippen LogP contribution in [0.1, 0.15) is 65.9 Å². The summed E-state index contributed by atoms with van der Waals surface area (Å²) in [7, 11) is 0. The Morgan fingerprint density at radius 1 is 1.11 bits per heavy atom. The molecule has 0 unspecified atom stereocenters. The van der Waals surface area contributed by atoms with Gasteiger partial charge in [0.2, 0.25) is 5.91 Å². The molecule has 1 aromatic heterocycles. The first-order valence-electron chi connectivity index (χ1n) is 13.5. The van der Waals surface area contributed by atoms with E-state index in [4.69, 9.17) is 9.26 Å². The molecule has 0 aliphatic carbocycles. The number of nitrogens with zero attached hydrogens (tertiary/aromatic N) is 2. The number of rotatable bonds is 7. The van der Waals surface area contributed by atoms with E-state index >= 15 is 0 Å². The molecule has 2 N–H and O–H groups in total. The first-order chi connectivity index (χ1) is 18.5. The Bertz CT molecular complexity index is 1190. The lowest BCUT2D eigenvalue weighted by Gasteiger charge is -2.23. The van der Waals surface area contributed by atoms with Crippen LogP contribution in [0.15, 0.2) is 59.3 Å². The molecule has 0 radical (unpaired) electrons. The van der Waals surface area contributed by atoms with Crippen LogP contribution in [0.2, 0.25) is 0 Å². The summed E-state index contributed by atoms with van der Waals surface area (Å²) in [5.74, 6) is 0.959. The van der Waals surface area contributed by atoms with E-state index in [-0.39, 0.29) is 18.4 Å². The number of amides is 2. The van der Waals surface area contributed by atoms with Crippen molar-refractivity contribution in [2.75, 3.05) is 19.7 Å². The molecule has 2 heterocycles. The molecule has 38 heavy (non-hydrogen) atoms. The van der Waals surface area contributed by atoms with Gasteiger partial charge in [-0.2, -0.15) is 0 Å². The van der Waals surface area contributed by atoms with Gasteiger partial charge in [-0.15, -0.1) is 0 Å². The molecule has 8 nitrogen and oxygen atoms in total. The second-order valence-corrected chi connectivity index (χ2v) is 10.3. The number of hydrogen-bond acceptors (Lipinski definition) is 6. The minimum Gasteiger partial charge on any atom is -0.493 e. The van der Waals surface area contributed by atoms with E-state index in [1.54, 1.807) is 6.26 Å². The Balaban J connectivity index is 1.51. The van der Waals surface area contributed by atoms with Gasteiger partial charge in [0.15, 0.2) is 0 Å². The van der Waals surface area contributed by atoms with Crippen molar-refractivity contribution in [1.29, 1.82) is 0 Å². The smallest absolute Gasteiger partial charge is 0.251 e. The predicted molar refractivity (Wildman–Crippen MR) is 146 cm³/mol. The van der Waals surface area contributed by atoms with Crippen LogP contribution in [0.4, 0.5) is 0 Å². The quantitative estimate of drug-likeness (QED) is 0.479. The van der Waals surface area contributed by atoms with E-state index in [0.717, 1.165) is 48.1 Å². The van der Waals surface area contributed by atoms with Gasteiger partial charge >= 0.3 is 0 Å². The average Bonchev–Trinajstić information content (AvgIpc) is 3.34. The number of nitrogens with one attached hydrogen (secondary N) is 2. The fourth-order valence-corrected chi connectivity index (χ4v) is 4.54. The number of fused-ring (bicyclic) bond motifs is 1. The van der Waals surface area contributed by atoms with Gasteiger partial charge in [0.05, 0.1) is 18.8 Å². The predicted octanol–water partition coefficient (Wildman–Crippen LogP) is 4.48. The lowest BCUT2D eigenvalue weighted by molar-refractivity contribution is -0.122. The van der Waals surface area contributed by atoms with Gasteiger partial charge in [-0.05, 0) is 49.3 Å². The molecular weight excluding hydrogens is 480 g/mol. The highest BCUT2D eigenvalue weighted by Gasteiger charge is 2.18. The SMILES string of the molecule is CC(C)Cc1nocc1CNC(=O)c1ccc2c(c1)OCCCCCNC(=O)CN(Cc1ccccc1)C2. The summed E-state index contributed by atoms with van der Waals surface area (Å²) in [5, 5.41) is 10.1. The van der Waals surface area contributed by atoms with E-state index < -0.39 is 0 Å². The molecule has 0 fully saturated rings. The van der Waals surface area contributed by atoms with Crippen molar-refractivity contribution in [3.05, 3.63) is 82.7 Å². The molecule has 3 aromatic rings. The van der Waals surface area contributed by atoms with Crippen LogP contribution in [0.25, 0.3) is 0 Å². The van der Waals surface area contributed by atoms with Gasteiger partial charge in [0, 0.05) is 42.9 Å². The van der Waals surface area contributed by atoms with Crippen molar-refractivity contribution < 1.29 is 18.8 Å². The summed E-state index contributed by atoms with van der Waals surface area (Å²) in [6.07, 6.45) is 5.14. The monoisotopic (exact) mass is 518 g/mol. The van der Waals surface area contributed by atoms with E-state index in [2.05, 4.69) is 46.7 Å². The zero-order chi connectivity index (χ0) is 26.7. The van der Waals surface area contributed by atoms with Gasteiger partial charge in [-0.25, -0.2) is 0 Å². The van der Waals surface area contributed by atoms with Gasteiger partial charge < -0.3 is 19.9 Å². The Labute approximate surface area is 224 Å². The molecule has 8 heteroatoms. The lowest BCUT2D eigenvalue weighted by atomic mass is 10.0. The molecule has 0 atom stereocenters. The highest BCUT2D eigenvalue weighted by atomic mass is 16.5. The summed E-state index contributed by atoms with van der Waals surface area (Å²) >= 11 is 0. The van der Waals surface area contributed by atoms with Crippen molar-refractivity contribution in [3.8, 4) is 5.75 Å². The van der Waals surface area contributed by atoms with Crippen LogP contribution in [-0.4, -0.2) is 41.6 Å². The molecule has 1 aliphatic rings. The minimum absolute atomic E-state index is 0.0178. The first kappa shape index (κ1) is 27.4. The van der Waals surface area contributed by atoms with E-state index in [9.17, 15) is 9.59 Å². The van der Waals surface area contributed by atoms with E-state index in [1.165, 1.54) is 0 Å². The number of ether oxygens (including phenoxy) is 1. The highest BCUT2D eigenvalue weighted by molar-refractivity contribution is 5.94. The molecular formula is C30H38N4O4. The number of aromatic nitrogens is 1. The topological polar surface area (TPSA) is 96.7 Å². The second-order valence-electron chi connectivity index (χ2n) is 10.3. The molecule has 202 valence electrons. The number of carbonyl (C=O) groups excluding carboxylic acids is 2. The van der Waals surface area contributed by atoms with Gasteiger partial charge in [0.1, 0.15) is 12.0 Å². The van der Waals surface area contributed by atoms with Crippen molar-refractivity contribution in [3.63, 3.8) is 0 Å². The van der Waals surface area contributed by atoms with Crippen LogP contribution < -0.4 is 15.4 Å². The normalized spacial score (nSPS) is 15.4. The maximum Gasteiger partial charge on any atom is 0.251 e. The Hall–Kier alpha value is -3.65. The molecule has 0 spiro atoms. The Morgan fingerprint density at radius 2 is 1.95 bits per heavy atom. The average molecular weight is 519 g/mol. The zero-order valence-electron chi connectivity index (χ0n) is 22.4. The van der Waals surface area contributed by atoms with Crippen LogP contribution in [-0.2, 0) is 30.8 Å². The molecule has 0 saturated carbocycles. The fourth-order valence-electron chi connectivity index (χ4n) is 4.54. The van der Waals surface area contributed by atoms with Crippen LogP contribution in [0, 0.1) is 5.92 Å². The third-order valence-corrected chi connectivity index (χ3v) is 6.51. The molecule has 2 amide bonds. The highest BCUT2D eigenvalue weighted by Crippen LogP contribution is 2.24.